The molecule has 3 heterocycles. The lowest BCUT2D eigenvalue weighted by atomic mass is 9.66. The van der Waals surface area contributed by atoms with Crippen molar-refractivity contribution in [2.75, 3.05) is 20.4 Å². The van der Waals surface area contributed by atoms with E-state index in [1.54, 1.807) is 0 Å². The minimum Gasteiger partial charge on any atom is -0.454 e. The van der Waals surface area contributed by atoms with Crippen molar-refractivity contribution in [3.63, 3.8) is 0 Å². The summed E-state index contributed by atoms with van der Waals surface area (Å²) in [5.41, 5.74) is 2.06. The van der Waals surface area contributed by atoms with Crippen LogP contribution in [0.4, 0.5) is 0 Å². The number of ether oxygens (including phenoxy) is 3. The van der Waals surface area contributed by atoms with Gasteiger partial charge in [-0.3, -0.25) is 4.90 Å². The molecule has 0 saturated carbocycles. The Bertz CT molecular complexity index is 696. The van der Waals surface area contributed by atoms with Crippen molar-refractivity contribution in [2.24, 2.45) is 0 Å². The standard InChI is InChI=1S/C17H17NO3/c1-18-7-6-16-4-2-3-5-17(16,18)21-10-12-8-14-15(9-13(12)16)20-11-19-14/h2-5,8-9H,6-7,10-11H2,1H3. The SMILES string of the molecule is CN1CCC23C=CC=CC12OCc1cc2c(cc13)OCO2. The zero-order valence-corrected chi connectivity index (χ0v) is 12.0. The van der Waals surface area contributed by atoms with Crippen molar-refractivity contribution in [3.8, 4) is 11.5 Å². The number of hydrogen-bond acceptors (Lipinski definition) is 4. The summed E-state index contributed by atoms with van der Waals surface area (Å²) < 4.78 is 17.5. The number of likely N-dealkylation sites (N-methyl/N-ethyl adjacent to an activating group) is 1. The molecule has 0 aromatic heterocycles. The number of likely N-dealkylation sites (tertiary alicyclic amines) is 1. The highest BCUT2D eigenvalue weighted by molar-refractivity contribution is 5.57. The van der Waals surface area contributed by atoms with E-state index in [1.165, 1.54) is 11.1 Å². The molecule has 4 nitrogen and oxygen atoms in total. The van der Waals surface area contributed by atoms with E-state index in [0.717, 1.165) is 24.5 Å². The minimum absolute atomic E-state index is 0.120. The fraction of sp³-hybridized carbons (Fsp3) is 0.412. The molecule has 2 unspecified atom stereocenters. The Morgan fingerprint density at radius 3 is 2.81 bits per heavy atom. The second kappa shape index (κ2) is 3.70. The molecule has 1 aromatic rings. The van der Waals surface area contributed by atoms with Gasteiger partial charge >= 0.3 is 0 Å². The second-order valence-corrected chi connectivity index (χ2v) is 6.21. The highest BCUT2D eigenvalue weighted by Crippen LogP contribution is 2.56. The van der Waals surface area contributed by atoms with Gasteiger partial charge in [0.2, 0.25) is 6.79 Å². The summed E-state index contributed by atoms with van der Waals surface area (Å²) in [7, 11) is 2.14. The predicted octanol–water partition coefficient (Wildman–Crippen LogP) is 2.34. The molecule has 1 aliphatic carbocycles. The Morgan fingerprint density at radius 1 is 1.10 bits per heavy atom. The zero-order chi connectivity index (χ0) is 14.1. The van der Waals surface area contributed by atoms with Crippen LogP contribution < -0.4 is 9.47 Å². The van der Waals surface area contributed by atoms with Gasteiger partial charge in [0.05, 0.1) is 12.0 Å². The summed E-state index contributed by atoms with van der Waals surface area (Å²) in [5.74, 6) is 1.69. The molecular formula is C17H17NO3. The monoisotopic (exact) mass is 283 g/mol. The molecule has 0 spiro atoms. The van der Waals surface area contributed by atoms with Gasteiger partial charge in [-0.05, 0) is 42.8 Å². The third kappa shape index (κ3) is 1.24. The van der Waals surface area contributed by atoms with Crippen LogP contribution >= 0.6 is 0 Å². The third-order valence-corrected chi connectivity index (χ3v) is 5.39. The first kappa shape index (κ1) is 11.8. The first-order chi connectivity index (χ1) is 10.3. The lowest BCUT2D eigenvalue weighted by molar-refractivity contribution is -0.137. The largest absolute Gasteiger partial charge is 0.454 e. The van der Waals surface area contributed by atoms with Crippen molar-refractivity contribution < 1.29 is 14.2 Å². The quantitative estimate of drug-likeness (QED) is 0.731. The molecular weight excluding hydrogens is 266 g/mol. The average Bonchev–Trinajstić information content (AvgIpc) is 3.09. The van der Waals surface area contributed by atoms with E-state index < -0.39 is 0 Å². The van der Waals surface area contributed by atoms with Gasteiger partial charge in [-0.15, -0.1) is 0 Å². The number of nitrogens with zero attached hydrogens (tertiary/aromatic N) is 1. The smallest absolute Gasteiger partial charge is 0.231 e. The summed E-state index contributed by atoms with van der Waals surface area (Å²) in [6, 6.07) is 4.25. The van der Waals surface area contributed by atoms with E-state index in [1.807, 2.05) is 0 Å². The van der Waals surface area contributed by atoms with Crippen molar-refractivity contribution in [1.82, 2.24) is 4.90 Å². The summed E-state index contributed by atoms with van der Waals surface area (Å²) >= 11 is 0. The van der Waals surface area contributed by atoms with Gasteiger partial charge < -0.3 is 14.2 Å². The molecule has 3 aliphatic heterocycles. The normalized spacial score (nSPS) is 35.5. The highest BCUT2D eigenvalue weighted by Gasteiger charge is 2.61. The van der Waals surface area contributed by atoms with Crippen LogP contribution in [0.1, 0.15) is 17.5 Å². The summed E-state index contributed by atoms with van der Waals surface area (Å²) in [6.45, 7) is 1.94. The molecule has 4 aliphatic rings. The first-order valence-electron chi connectivity index (χ1n) is 7.40. The van der Waals surface area contributed by atoms with Gasteiger partial charge in [0, 0.05) is 6.54 Å². The van der Waals surface area contributed by atoms with Gasteiger partial charge in [-0.1, -0.05) is 18.2 Å². The summed E-state index contributed by atoms with van der Waals surface area (Å²) in [6.07, 6.45) is 9.79. The maximum Gasteiger partial charge on any atom is 0.231 e. The van der Waals surface area contributed by atoms with Crippen molar-refractivity contribution in [3.05, 3.63) is 47.6 Å². The van der Waals surface area contributed by atoms with E-state index in [4.69, 9.17) is 14.2 Å². The number of benzene rings is 1. The molecule has 0 amide bonds. The lowest BCUT2D eigenvalue weighted by Crippen LogP contribution is -2.57. The molecule has 1 fully saturated rings. The number of hydrogen-bond donors (Lipinski definition) is 0. The van der Waals surface area contributed by atoms with E-state index in [-0.39, 0.29) is 11.1 Å². The van der Waals surface area contributed by atoms with Gasteiger partial charge in [0.15, 0.2) is 17.2 Å². The van der Waals surface area contributed by atoms with Crippen LogP contribution in [0.5, 0.6) is 11.5 Å². The van der Waals surface area contributed by atoms with Gasteiger partial charge in [0.25, 0.3) is 0 Å². The first-order valence-corrected chi connectivity index (χ1v) is 7.40. The molecule has 0 bridgehead atoms. The average molecular weight is 283 g/mol. The molecule has 1 aromatic carbocycles. The van der Waals surface area contributed by atoms with Crippen molar-refractivity contribution >= 4 is 0 Å². The van der Waals surface area contributed by atoms with Gasteiger partial charge in [0.1, 0.15) is 0 Å². The number of fused-ring (bicyclic) bond motifs is 2. The van der Waals surface area contributed by atoms with Crippen molar-refractivity contribution in [1.29, 1.82) is 0 Å². The van der Waals surface area contributed by atoms with E-state index >= 15 is 0 Å². The summed E-state index contributed by atoms with van der Waals surface area (Å²) in [5, 5.41) is 0. The fourth-order valence-electron chi connectivity index (χ4n) is 4.33. The van der Waals surface area contributed by atoms with E-state index in [9.17, 15) is 0 Å². The zero-order valence-electron chi connectivity index (χ0n) is 12.0. The highest BCUT2D eigenvalue weighted by atomic mass is 16.7. The Morgan fingerprint density at radius 2 is 1.90 bits per heavy atom. The van der Waals surface area contributed by atoms with E-state index in [0.29, 0.717) is 13.4 Å². The molecule has 0 N–H and O–H groups in total. The van der Waals surface area contributed by atoms with Crippen LogP contribution in [0.3, 0.4) is 0 Å². The van der Waals surface area contributed by atoms with Crippen LogP contribution in [0.15, 0.2) is 36.4 Å². The molecule has 0 radical (unpaired) electrons. The third-order valence-electron chi connectivity index (χ3n) is 5.39. The Labute approximate surface area is 123 Å². The van der Waals surface area contributed by atoms with Crippen LogP contribution in [0.25, 0.3) is 0 Å². The Kier molecular flexibility index (Phi) is 2.08. The van der Waals surface area contributed by atoms with Crippen molar-refractivity contribution in [2.45, 2.75) is 24.2 Å². The second-order valence-electron chi connectivity index (χ2n) is 6.21. The van der Waals surface area contributed by atoms with E-state index in [2.05, 4.69) is 48.4 Å². The van der Waals surface area contributed by atoms with Crippen LogP contribution in [0, 0.1) is 0 Å². The van der Waals surface area contributed by atoms with Gasteiger partial charge in [-0.25, -0.2) is 0 Å². The van der Waals surface area contributed by atoms with Gasteiger partial charge in [-0.2, -0.15) is 0 Å². The van der Waals surface area contributed by atoms with Crippen LogP contribution in [0.2, 0.25) is 0 Å². The lowest BCUT2D eigenvalue weighted by Gasteiger charge is -2.50. The maximum absolute atomic E-state index is 6.37. The fourth-order valence-corrected chi connectivity index (χ4v) is 4.33. The number of allylic oxidation sites excluding steroid dienone is 2. The minimum atomic E-state index is -0.359. The molecule has 21 heavy (non-hydrogen) atoms. The molecule has 5 rings (SSSR count). The Hall–Kier alpha value is -1.78. The predicted molar refractivity (Wildman–Crippen MR) is 77.3 cm³/mol. The summed E-state index contributed by atoms with van der Waals surface area (Å²) in [4.78, 5) is 2.32. The maximum atomic E-state index is 6.37. The number of rotatable bonds is 0. The Balaban J connectivity index is 1.78. The van der Waals surface area contributed by atoms with Crippen LogP contribution in [-0.2, 0) is 16.8 Å². The topological polar surface area (TPSA) is 30.9 Å². The molecule has 108 valence electrons. The molecule has 1 saturated heterocycles. The van der Waals surface area contributed by atoms with Crippen LogP contribution in [-0.4, -0.2) is 31.0 Å². The molecule has 2 atom stereocenters. The molecule has 4 heteroatoms.